The number of morpholine rings is 1. The van der Waals surface area contributed by atoms with Gasteiger partial charge in [0.2, 0.25) is 0 Å². The highest BCUT2D eigenvalue weighted by Crippen LogP contribution is 2.14. The molecule has 1 heterocycles. The summed E-state index contributed by atoms with van der Waals surface area (Å²) in [6.45, 7) is 9.05. The molecule has 1 rings (SSSR count). The molecule has 0 aliphatic carbocycles. The SMILES string of the molecule is CN=C(NC)NCC(C)(C)N1CCOCC1. The predicted molar refractivity (Wildman–Crippen MR) is 66.9 cm³/mol. The van der Waals surface area contributed by atoms with E-state index in [-0.39, 0.29) is 5.54 Å². The van der Waals surface area contributed by atoms with Crippen LogP contribution >= 0.6 is 0 Å². The largest absolute Gasteiger partial charge is 0.379 e. The van der Waals surface area contributed by atoms with E-state index in [1.165, 1.54) is 0 Å². The van der Waals surface area contributed by atoms with Crippen LogP contribution in [0.25, 0.3) is 0 Å². The highest BCUT2D eigenvalue weighted by atomic mass is 16.5. The van der Waals surface area contributed by atoms with Crippen molar-refractivity contribution in [1.82, 2.24) is 15.5 Å². The molecule has 16 heavy (non-hydrogen) atoms. The van der Waals surface area contributed by atoms with E-state index in [0.717, 1.165) is 38.8 Å². The first kappa shape index (κ1) is 13.3. The van der Waals surface area contributed by atoms with Crippen molar-refractivity contribution in [1.29, 1.82) is 0 Å². The molecule has 2 N–H and O–H groups in total. The van der Waals surface area contributed by atoms with Crippen molar-refractivity contribution in [3.05, 3.63) is 0 Å². The first-order valence-corrected chi connectivity index (χ1v) is 5.81. The van der Waals surface area contributed by atoms with E-state index < -0.39 is 0 Å². The van der Waals surface area contributed by atoms with Gasteiger partial charge in [0.05, 0.1) is 13.2 Å². The van der Waals surface area contributed by atoms with Crippen molar-refractivity contribution in [2.24, 2.45) is 4.99 Å². The third-order valence-electron chi connectivity index (χ3n) is 3.02. The number of guanidine groups is 1. The molecule has 0 saturated carbocycles. The number of hydrogen-bond acceptors (Lipinski definition) is 3. The Kier molecular flexibility index (Phi) is 5.02. The molecular weight excluding hydrogens is 204 g/mol. The number of rotatable bonds is 3. The summed E-state index contributed by atoms with van der Waals surface area (Å²) in [7, 11) is 3.65. The van der Waals surface area contributed by atoms with Crippen molar-refractivity contribution in [3.63, 3.8) is 0 Å². The number of nitrogens with zero attached hydrogens (tertiary/aromatic N) is 2. The molecule has 5 heteroatoms. The van der Waals surface area contributed by atoms with Gasteiger partial charge in [0, 0.05) is 39.3 Å². The maximum Gasteiger partial charge on any atom is 0.190 e. The van der Waals surface area contributed by atoms with Gasteiger partial charge in [0.1, 0.15) is 0 Å². The minimum absolute atomic E-state index is 0.122. The summed E-state index contributed by atoms with van der Waals surface area (Å²) < 4.78 is 5.36. The van der Waals surface area contributed by atoms with Crippen LogP contribution in [0.15, 0.2) is 4.99 Å². The molecule has 0 unspecified atom stereocenters. The second-order valence-electron chi connectivity index (χ2n) is 4.59. The van der Waals surface area contributed by atoms with Crippen LogP contribution in [0.3, 0.4) is 0 Å². The van der Waals surface area contributed by atoms with Crippen LogP contribution in [0.5, 0.6) is 0 Å². The summed E-state index contributed by atoms with van der Waals surface area (Å²) in [6, 6.07) is 0. The van der Waals surface area contributed by atoms with E-state index in [4.69, 9.17) is 4.74 Å². The molecular formula is C11H24N4O. The second kappa shape index (κ2) is 6.06. The highest BCUT2D eigenvalue weighted by molar-refractivity contribution is 5.79. The Morgan fingerprint density at radius 1 is 1.38 bits per heavy atom. The molecule has 5 nitrogen and oxygen atoms in total. The molecule has 0 spiro atoms. The molecule has 1 fully saturated rings. The first-order chi connectivity index (χ1) is 7.60. The third-order valence-corrected chi connectivity index (χ3v) is 3.02. The molecule has 94 valence electrons. The van der Waals surface area contributed by atoms with E-state index in [9.17, 15) is 0 Å². The van der Waals surface area contributed by atoms with Crippen molar-refractivity contribution in [3.8, 4) is 0 Å². The minimum atomic E-state index is 0.122. The lowest BCUT2D eigenvalue weighted by Gasteiger charge is -2.41. The molecule has 1 aliphatic heterocycles. The van der Waals surface area contributed by atoms with Gasteiger partial charge in [-0.25, -0.2) is 0 Å². The van der Waals surface area contributed by atoms with E-state index >= 15 is 0 Å². The van der Waals surface area contributed by atoms with E-state index in [1.54, 1.807) is 7.05 Å². The van der Waals surface area contributed by atoms with Crippen molar-refractivity contribution in [2.45, 2.75) is 19.4 Å². The topological polar surface area (TPSA) is 48.9 Å². The van der Waals surface area contributed by atoms with Crippen LogP contribution in [-0.4, -0.2) is 63.3 Å². The summed E-state index contributed by atoms with van der Waals surface area (Å²) in [5.74, 6) is 0.835. The van der Waals surface area contributed by atoms with Gasteiger partial charge in [-0.1, -0.05) is 0 Å². The lowest BCUT2D eigenvalue weighted by molar-refractivity contribution is -0.00833. The number of nitrogens with one attached hydrogen (secondary N) is 2. The van der Waals surface area contributed by atoms with Crippen LogP contribution in [0, 0.1) is 0 Å². The molecule has 1 aliphatic rings. The average molecular weight is 228 g/mol. The fourth-order valence-corrected chi connectivity index (χ4v) is 1.86. The van der Waals surface area contributed by atoms with E-state index in [1.807, 2.05) is 7.05 Å². The molecule has 0 radical (unpaired) electrons. The van der Waals surface area contributed by atoms with Crippen LogP contribution in [0.4, 0.5) is 0 Å². The van der Waals surface area contributed by atoms with Gasteiger partial charge in [-0.2, -0.15) is 0 Å². The normalized spacial score (nSPS) is 19.6. The lowest BCUT2D eigenvalue weighted by atomic mass is 10.0. The zero-order valence-electron chi connectivity index (χ0n) is 10.8. The van der Waals surface area contributed by atoms with Crippen LogP contribution in [0.1, 0.15) is 13.8 Å². The molecule has 0 atom stereocenters. The number of hydrogen-bond donors (Lipinski definition) is 2. The standard InChI is InChI=1S/C11H24N4O/c1-11(2,9-14-10(12-3)13-4)15-5-7-16-8-6-15/h5-9H2,1-4H3,(H2,12,13,14). The smallest absolute Gasteiger partial charge is 0.190 e. The maximum absolute atomic E-state index is 5.36. The Morgan fingerprint density at radius 3 is 2.50 bits per heavy atom. The van der Waals surface area contributed by atoms with Gasteiger partial charge in [-0.05, 0) is 13.8 Å². The molecule has 0 bridgehead atoms. The van der Waals surface area contributed by atoms with Gasteiger partial charge >= 0.3 is 0 Å². The van der Waals surface area contributed by atoms with Gasteiger partial charge < -0.3 is 15.4 Å². The summed E-state index contributed by atoms with van der Waals surface area (Å²) >= 11 is 0. The molecule has 0 aromatic rings. The van der Waals surface area contributed by atoms with Crippen molar-refractivity contribution >= 4 is 5.96 Å². The van der Waals surface area contributed by atoms with Gasteiger partial charge in [0.25, 0.3) is 0 Å². The van der Waals surface area contributed by atoms with Crippen molar-refractivity contribution in [2.75, 3.05) is 46.9 Å². The summed E-state index contributed by atoms with van der Waals surface area (Å²) in [5.41, 5.74) is 0.122. The van der Waals surface area contributed by atoms with Crippen LogP contribution in [-0.2, 0) is 4.74 Å². The van der Waals surface area contributed by atoms with Gasteiger partial charge in [-0.3, -0.25) is 9.89 Å². The van der Waals surface area contributed by atoms with Crippen molar-refractivity contribution < 1.29 is 4.74 Å². The monoisotopic (exact) mass is 228 g/mol. The molecule has 0 aromatic heterocycles. The third kappa shape index (κ3) is 3.64. The molecule has 0 aromatic carbocycles. The number of ether oxygens (including phenoxy) is 1. The van der Waals surface area contributed by atoms with Crippen LogP contribution < -0.4 is 10.6 Å². The summed E-state index contributed by atoms with van der Waals surface area (Å²) in [6.07, 6.45) is 0. The zero-order chi connectivity index (χ0) is 12.0. The fourth-order valence-electron chi connectivity index (χ4n) is 1.86. The summed E-state index contributed by atoms with van der Waals surface area (Å²) in [4.78, 5) is 6.56. The molecule has 1 saturated heterocycles. The average Bonchev–Trinajstić information content (AvgIpc) is 2.31. The lowest BCUT2D eigenvalue weighted by Crippen LogP contribution is -2.56. The Balaban J connectivity index is 2.43. The van der Waals surface area contributed by atoms with Gasteiger partial charge in [-0.15, -0.1) is 0 Å². The Labute approximate surface area is 98.3 Å². The Hall–Kier alpha value is -0.810. The Bertz CT molecular complexity index is 234. The second-order valence-corrected chi connectivity index (χ2v) is 4.59. The number of aliphatic imine (C=N–C) groups is 1. The maximum atomic E-state index is 5.36. The predicted octanol–water partition coefficient (Wildman–Crippen LogP) is -0.108. The molecule has 0 amide bonds. The Morgan fingerprint density at radius 2 is 2.00 bits per heavy atom. The summed E-state index contributed by atoms with van der Waals surface area (Å²) in [5, 5.41) is 6.34. The van der Waals surface area contributed by atoms with Gasteiger partial charge in [0.15, 0.2) is 5.96 Å². The fraction of sp³-hybridized carbons (Fsp3) is 0.909. The van der Waals surface area contributed by atoms with E-state index in [2.05, 4.69) is 34.4 Å². The highest BCUT2D eigenvalue weighted by Gasteiger charge is 2.28. The minimum Gasteiger partial charge on any atom is -0.379 e. The quantitative estimate of drug-likeness (QED) is 0.523. The first-order valence-electron chi connectivity index (χ1n) is 5.81. The van der Waals surface area contributed by atoms with E-state index in [0.29, 0.717) is 0 Å². The zero-order valence-corrected chi connectivity index (χ0v) is 10.8. The van der Waals surface area contributed by atoms with Crippen LogP contribution in [0.2, 0.25) is 0 Å².